The van der Waals surface area contributed by atoms with Crippen molar-refractivity contribution in [1.82, 2.24) is 0 Å². The van der Waals surface area contributed by atoms with Gasteiger partial charge in [-0.2, -0.15) is 15.6 Å². The molecule has 16 heavy (non-hydrogen) atoms. The largest absolute Gasteiger partial charge is 0.274 e. The number of anilines is 1. The molecule has 0 unspecified atom stereocenters. The average Bonchev–Trinajstić information content (AvgIpc) is 2.22. The van der Waals surface area contributed by atoms with Crippen LogP contribution in [0, 0.1) is 22.7 Å². The molecule has 7 heteroatoms. The number of hydrogen-bond acceptors (Lipinski definition) is 4. The van der Waals surface area contributed by atoms with Gasteiger partial charge < -0.3 is 0 Å². The molecule has 1 rings (SSSR count). The summed E-state index contributed by atoms with van der Waals surface area (Å²) in [5.74, 6) is 0. The molecule has 0 fully saturated rings. The molecule has 1 N–H and O–H groups in total. The Bertz CT molecular complexity index is 488. The van der Waals surface area contributed by atoms with E-state index in [-0.39, 0.29) is 5.71 Å². The fraction of sp³-hybridized carbons (Fsp3) is 0. The summed E-state index contributed by atoms with van der Waals surface area (Å²) in [4.78, 5) is 0. The number of nitrogens with zero attached hydrogens (tertiary/aromatic N) is 3. The van der Waals surface area contributed by atoms with Gasteiger partial charge in [0.05, 0.1) is 5.69 Å². The lowest BCUT2D eigenvalue weighted by atomic mass is 10.3. The Morgan fingerprint density at radius 1 is 1.25 bits per heavy atom. The van der Waals surface area contributed by atoms with Gasteiger partial charge in [-0.1, -0.05) is 11.6 Å². The van der Waals surface area contributed by atoms with Crippen molar-refractivity contribution in [3.05, 3.63) is 26.1 Å². The van der Waals surface area contributed by atoms with E-state index in [1.54, 1.807) is 24.3 Å². The van der Waals surface area contributed by atoms with Gasteiger partial charge in [0, 0.05) is 14.0 Å². The summed E-state index contributed by atoms with van der Waals surface area (Å²) in [5.41, 5.74) is 2.94. The summed E-state index contributed by atoms with van der Waals surface area (Å²) in [6, 6.07) is 6.62. The highest BCUT2D eigenvalue weighted by atomic mass is 79.9. The zero-order valence-corrected chi connectivity index (χ0v) is 11.6. The highest BCUT2D eigenvalue weighted by Gasteiger charge is 2.06. The van der Waals surface area contributed by atoms with Crippen molar-refractivity contribution < 1.29 is 0 Å². The topological polar surface area (TPSA) is 72.0 Å². The van der Waals surface area contributed by atoms with Crippen molar-refractivity contribution in [2.75, 3.05) is 5.43 Å². The van der Waals surface area contributed by atoms with Crippen molar-refractivity contribution in [2.24, 2.45) is 5.10 Å². The lowest BCUT2D eigenvalue weighted by Crippen LogP contribution is -1.97. The maximum Gasteiger partial charge on any atom is 0.237 e. The molecule has 0 aromatic heterocycles. The zero-order chi connectivity index (χ0) is 12.1. The molecule has 0 heterocycles. The first-order valence-corrected chi connectivity index (χ1v) is 5.83. The SMILES string of the molecule is N#CC(C#N)=NNc1c(Br)cc(Cl)cc1Br. The third kappa shape index (κ3) is 3.21. The van der Waals surface area contributed by atoms with E-state index in [2.05, 4.69) is 42.4 Å². The van der Waals surface area contributed by atoms with Crippen molar-refractivity contribution in [3.63, 3.8) is 0 Å². The van der Waals surface area contributed by atoms with Crippen LogP contribution in [-0.2, 0) is 0 Å². The molecule has 0 spiro atoms. The molecule has 0 saturated heterocycles. The van der Waals surface area contributed by atoms with E-state index in [9.17, 15) is 0 Å². The molecule has 0 saturated carbocycles. The van der Waals surface area contributed by atoms with Gasteiger partial charge in [0.25, 0.3) is 0 Å². The first kappa shape index (κ1) is 13.0. The summed E-state index contributed by atoms with van der Waals surface area (Å²) < 4.78 is 1.34. The molecule has 80 valence electrons. The highest BCUT2D eigenvalue weighted by molar-refractivity contribution is 9.11. The minimum absolute atomic E-state index is 0.256. The van der Waals surface area contributed by atoms with Crippen LogP contribution in [0.4, 0.5) is 5.69 Å². The molecule has 0 radical (unpaired) electrons. The van der Waals surface area contributed by atoms with Gasteiger partial charge in [-0.3, -0.25) is 5.43 Å². The van der Waals surface area contributed by atoms with Crippen LogP contribution >= 0.6 is 43.5 Å². The highest BCUT2D eigenvalue weighted by Crippen LogP contribution is 2.34. The predicted molar refractivity (Wildman–Crippen MR) is 69.1 cm³/mol. The minimum Gasteiger partial charge on any atom is -0.274 e. The molecule has 0 aliphatic heterocycles. The molecule has 0 aliphatic carbocycles. The van der Waals surface area contributed by atoms with Crippen LogP contribution in [0.1, 0.15) is 0 Å². The second-order valence-electron chi connectivity index (χ2n) is 2.54. The van der Waals surface area contributed by atoms with Crippen molar-refractivity contribution in [2.45, 2.75) is 0 Å². The number of rotatable bonds is 2. The first-order valence-electron chi connectivity index (χ1n) is 3.87. The van der Waals surface area contributed by atoms with Gasteiger partial charge >= 0.3 is 0 Å². The number of hydrogen-bond donors (Lipinski definition) is 1. The first-order chi connectivity index (χ1) is 7.58. The van der Waals surface area contributed by atoms with Crippen LogP contribution in [0.15, 0.2) is 26.2 Å². The molecule has 1 aromatic carbocycles. The average molecular weight is 362 g/mol. The number of nitriles is 2. The van der Waals surface area contributed by atoms with Gasteiger partial charge in [-0.05, 0) is 44.0 Å². The summed E-state index contributed by atoms with van der Waals surface area (Å²) in [7, 11) is 0. The van der Waals surface area contributed by atoms with Crippen LogP contribution in [0.2, 0.25) is 5.02 Å². The van der Waals surface area contributed by atoms with E-state index in [1.165, 1.54) is 0 Å². The number of halogens is 3. The van der Waals surface area contributed by atoms with Crippen LogP contribution in [-0.4, -0.2) is 5.71 Å². The monoisotopic (exact) mass is 360 g/mol. The van der Waals surface area contributed by atoms with E-state index >= 15 is 0 Å². The number of benzene rings is 1. The van der Waals surface area contributed by atoms with Crippen molar-refractivity contribution in [3.8, 4) is 12.1 Å². The third-order valence-electron chi connectivity index (χ3n) is 1.50. The van der Waals surface area contributed by atoms with E-state index < -0.39 is 0 Å². The van der Waals surface area contributed by atoms with Crippen LogP contribution in [0.25, 0.3) is 0 Å². The van der Waals surface area contributed by atoms with Gasteiger partial charge in [0.1, 0.15) is 12.1 Å². The third-order valence-corrected chi connectivity index (χ3v) is 2.97. The van der Waals surface area contributed by atoms with Crippen LogP contribution in [0.3, 0.4) is 0 Å². The summed E-state index contributed by atoms with van der Waals surface area (Å²) in [5, 5.41) is 21.2. The zero-order valence-electron chi connectivity index (χ0n) is 7.63. The van der Waals surface area contributed by atoms with Gasteiger partial charge in [-0.25, -0.2) is 0 Å². The molecular weight excluding hydrogens is 359 g/mol. The van der Waals surface area contributed by atoms with E-state index in [0.717, 1.165) is 0 Å². The Labute approximate surface area is 114 Å². The van der Waals surface area contributed by atoms with Crippen LogP contribution < -0.4 is 5.43 Å². The Kier molecular flexibility index (Phi) is 4.75. The van der Waals surface area contributed by atoms with Crippen molar-refractivity contribution in [1.29, 1.82) is 10.5 Å². The molecule has 0 aliphatic rings. The maximum absolute atomic E-state index is 8.50. The van der Waals surface area contributed by atoms with E-state index in [0.29, 0.717) is 19.7 Å². The Hall–Kier alpha value is -1.08. The van der Waals surface area contributed by atoms with Crippen molar-refractivity contribution >= 4 is 54.9 Å². The maximum atomic E-state index is 8.50. The Balaban J connectivity index is 3.05. The molecule has 1 aromatic rings. The summed E-state index contributed by atoms with van der Waals surface area (Å²) >= 11 is 12.4. The standard InChI is InChI=1S/C9H3Br2ClN4/c10-7-1-5(12)2-8(11)9(7)16-15-6(3-13)4-14/h1-2,16H. The van der Waals surface area contributed by atoms with E-state index in [1.807, 2.05) is 0 Å². The summed E-state index contributed by atoms with van der Waals surface area (Å²) in [6.45, 7) is 0. The number of nitrogens with one attached hydrogen (secondary N) is 1. The van der Waals surface area contributed by atoms with Crippen LogP contribution in [0.5, 0.6) is 0 Å². The second kappa shape index (κ2) is 5.86. The van der Waals surface area contributed by atoms with E-state index in [4.69, 9.17) is 22.1 Å². The normalized spacial score (nSPS) is 8.81. The minimum atomic E-state index is -0.256. The molecule has 0 bridgehead atoms. The second-order valence-corrected chi connectivity index (χ2v) is 4.69. The van der Waals surface area contributed by atoms with Gasteiger partial charge in [-0.15, -0.1) is 0 Å². The van der Waals surface area contributed by atoms with Gasteiger partial charge in [0.2, 0.25) is 5.71 Å². The number of hydrazone groups is 1. The lowest BCUT2D eigenvalue weighted by Gasteiger charge is -2.06. The fourth-order valence-corrected chi connectivity index (χ4v) is 2.68. The fourth-order valence-electron chi connectivity index (χ4n) is 0.836. The molecule has 0 amide bonds. The quantitative estimate of drug-likeness (QED) is 0.644. The molecule has 0 atom stereocenters. The predicted octanol–water partition coefficient (Wildman–Crippen LogP) is 3.68. The van der Waals surface area contributed by atoms with Gasteiger partial charge in [0.15, 0.2) is 0 Å². The summed E-state index contributed by atoms with van der Waals surface area (Å²) in [6.07, 6.45) is 0. The smallest absolute Gasteiger partial charge is 0.237 e. The Morgan fingerprint density at radius 2 is 1.75 bits per heavy atom. The Morgan fingerprint density at radius 3 is 2.19 bits per heavy atom. The molecular formula is C9H3Br2ClN4. The lowest BCUT2D eigenvalue weighted by molar-refractivity contribution is 1.32. The molecule has 4 nitrogen and oxygen atoms in total.